The topological polar surface area (TPSA) is 28.5 Å². The van der Waals surface area contributed by atoms with Gasteiger partial charge in [0.2, 0.25) is 0 Å². The van der Waals surface area contributed by atoms with Gasteiger partial charge in [-0.15, -0.1) is 0 Å². The third kappa shape index (κ3) is 2.82. The number of aliphatic imine (C=N–C) groups is 1. The van der Waals surface area contributed by atoms with E-state index in [2.05, 4.69) is 27.0 Å². The van der Waals surface area contributed by atoms with E-state index in [0.29, 0.717) is 0 Å². The van der Waals surface area contributed by atoms with Crippen LogP contribution in [0.1, 0.15) is 5.56 Å². The largest absolute Gasteiger partial charge is 0.350 e. The number of hydrogen-bond acceptors (Lipinski definition) is 3. The highest BCUT2D eigenvalue weighted by Crippen LogP contribution is 2.15. The van der Waals surface area contributed by atoms with Crippen molar-refractivity contribution in [3.05, 3.63) is 42.1 Å². The molecule has 0 aliphatic carbocycles. The summed E-state index contributed by atoms with van der Waals surface area (Å²) in [4.78, 5) is 10.9. The average Bonchev–Trinajstić information content (AvgIpc) is 2.40. The zero-order valence-electron chi connectivity index (χ0n) is 10.9. The third-order valence-corrected chi connectivity index (χ3v) is 3.63. The normalized spacial score (nSPS) is 11.8. The van der Waals surface area contributed by atoms with Gasteiger partial charge in [0.25, 0.3) is 0 Å². The van der Waals surface area contributed by atoms with E-state index in [0.717, 1.165) is 17.2 Å². The number of benzene rings is 1. The van der Waals surface area contributed by atoms with Gasteiger partial charge in [-0.05, 0) is 24.0 Å². The van der Waals surface area contributed by atoms with Crippen LogP contribution in [-0.2, 0) is 6.54 Å². The van der Waals surface area contributed by atoms with Gasteiger partial charge < -0.3 is 4.90 Å². The lowest BCUT2D eigenvalue weighted by Crippen LogP contribution is -2.23. The third-order valence-electron chi connectivity index (χ3n) is 2.77. The highest BCUT2D eigenvalue weighted by atomic mass is 32.2. The standard InChI is InChI=1S/C14H17N3S/c1-15-14(18-3)17(2)10-11-8-12-6-4-5-7-13(12)16-9-11/h4-9H,10H2,1-3H3. The maximum atomic E-state index is 4.47. The van der Waals surface area contributed by atoms with Crippen LogP contribution in [0.2, 0.25) is 0 Å². The van der Waals surface area contributed by atoms with Crippen molar-refractivity contribution in [2.45, 2.75) is 6.54 Å². The van der Waals surface area contributed by atoms with Gasteiger partial charge in [-0.25, -0.2) is 0 Å². The molecule has 0 bridgehead atoms. The summed E-state index contributed by atoms with van der Waals surface area (Å²) in [5.41, 5.74) is 2.24. The molecule has 3 nitrogen and oxygen atoms in total. The smallest absolute Gasteiger partial charge is 0.158 e. The van der Waals surface area contributed by atoms with Crippen LogP contribution < -0.4 is 0 Å². The van der Waals surface area contributed by atoms with Crippen molar-refractivity contribution in [1.29, 1.82) is 0 Å². The van der Waals surface area contributed by atoms with Crippen molar-refractivity contribution in [2.24, 2.45) is 4.99 Å². The second kappa shape index (κ2) is 5.87. The molecule has 0 spiro atoms. The highest BCUT2D eigenvalue weighted by molar-refractivity contribution is 8.13. The van der Waals surface area contributed by atoms with Crippen molar-refractivity contribution in [3.8, 4) is 0 Å². The molecule has 94 valence electrons. The number of nitrogens with zero attached hydrogens (tertiary/aromatic N) is 3. The zero-order chi connectivity index (χ0) is 13.0. The molecule has 0 fully saturated rings. The number of para-hydroxylation sites is 1. The van der Waals surface area contributed by atoms with Gasteiger partial charge in [0.05, 0.1) is 5.52 Å². The van der Waals surface area contributed by atoms with E-state index < -0.39 is 0 Å². The lowest BCUT2D eigenvalue weighted by molar-refractivity contribution is 0.509. The second-order valence-corrected chi connectivity index (χ2v) is 4.88. The number of aromatic nitrogens is 1. The van der Waals surface area contributed by atoms with Crippen molar-refractivity contribution in [3.63, 3.8) is 0 Å². The van der Waals surface area contributed by atoms with E-state index in [4.69, 9.17) is 0 Å². The fourth-order valence-electron chi connectivity index (χ4n) is 1.96. The summed E-state index contributed by atoms with van der Waals surface area (Å²) in [7, 11) is 3.87. The first-order chi connectivity index (χ1) is 8.74. The molecule has 4 heteroatoms. The van der Waals surface area contributed by atoms with Crippen LogP contribution in [0.5, 0.6) is 0 Å². The Labute approximate surface area is 112 Å². The minimum absolute atomic E-state index is 0.825. The number of fused-ring (bicyclic) bond motifs is 1. The molecule has 2 rings (SSSR count). The summed E-state index contributed by atoms with van der Waals surface area (Å²) < 4.78 is 0. The Kier molecular flexibility index (Phi) is 4.20. The molecule has 0 radical (unpaired) electrons. The Morgan fingerprint density at radius 3 is 2.89 bits per heavy atom. The maximum absolute atomic E-state index is 4.47. The van der Waals surface area contributed by atoms with E-state index in [1.807, 2.05) is 44.7 Å². The quantitative estimate of drug-likeness (QED) is 0.613. The molecule has 1 heterocycles. The molecule has 18 heavy (non-hydrogen) atoms. The van der Waals surface area contributed by atoms with E-state index in [1.54, 1.807) is 11.8 Å². The summed E-state index contributed by atoms with van der Waals surface area (Å²) in [6.45, 7) is 0.825. The SMILES string of the molecule is CN=C(SC)N(C)Cc1cnc2ccccc2c1. The summed E-state index contributed by atoms with van der Waals surface area (Å²) in [5.74, 6) is 0. The molecule has 2 aromatic rings. The molecule has 1 aromatic heterocycles. The van der Waals surface area contributed by atoms with Gasteiger partial charge in [-0.3, -0.25) is 9.98 Å². The molecule has 1 aromatic carbocycles. The lowest BCUT2D eigenvalue weighted by Gasteiger charge is -2.19. The summed E-state index contributed by atoms with van der Waals surface area (Å²) >= 11 is 1.66. The van der Waals surface area contributed by atoms with Crippen LogP contribution in [0.25, 0.3) is 10.9 Å². The Bertz CT molecular complexity index is 566. The molecule has 0 N–H and O–H groups in total. The molecule has 0 aliphatic rings. The van der Waals surface area contributed by atoms with E-state index in [-0.39, 0.29) is 0 Å². The van der Waals surface area contributed by atoms with Crippen LogP contribution in [0.3, 0.4) is 0 Å². The van der Waals surface area contributed by atoms with E-state index in [1.165, 1.54) is 10.9 Å². The van der Waals surface area contributed by atoms with Gasteiger partial charge in [0, 0.05) is 32.2 Å². The molecule has 0 unspecified atom stereocenters. The molecule has 0 saturated carbocycles. The molecular weight excluding hydrogens is 242 g/mol. The molecule has 0 atom stereocenters. The monoisotopic (exact) mass is 259 g/mol. The summed E-state index contributed by atoms with van der Waals surface area (Å²) in [5, 5.41) is 2.21. The van der Waals surface area contributed by atoms with Crippen LogP contribution >= 0.6 is 11.8 Å². The Hall–Kier alpha value is -1.55. The average molecular weight is 259 g/mol. The van der Waals surface area contributed by atoms with Crippen molar-refractivity contribution >= 4 is 27.8 Å². The second-order valence-electron chi connectivity index (χ2n) is 4.10. The number of thioether (sulfide) groups is 1. The number of rotatable bonds is 2. The Morgan fingerprint density at radius 1 is 1.39 bits per heavy atom. The first kappa shape index (κ1) is 12.9. The summed E-state index contributed by atoms with van der Waals surface area (Å²) in [6, 6.07) is 10.4. The fourth-order valence-corrected chi connectivity index (χ4v) is 2.52. The predicted octanol–water partition coefficient (Wildman–Crippen LogP) is 3.02. The molecule has 0 amide bonds. The molecule has 0 aliphatic heterocycles. The van der Waals surface area contributed by atoms with Crippen LogP contribution in [0.4, 0.5) is 0 Å². The number of pyridine rings is 1. The minimum Gasteiger partial charge on any atom is -0.350 e. The van der Waals surface area contributed by atoms with Crippen LogP contribution in [0, 0.1) is 0 Å². The first-order valence-electron chi connectivity index (χ1n) is 5.80. The van der Waals surface area contributed by atoms with Crippen molar-refractivity contribution in [2.75, 3.05) is 20.4 Å². The molecule has 0 saturated heterocycles. The van der Waals surface area contributed by atoms with E-state index >= 15 is 0 Å². The van der Waals surface area contributed by atoms with Crippen molar-refractivity contribution in [1.82, 2.24) is 9.88 Å². The minimum atomic E-state index is 0.825. The van der Waals surface area contributed by atoms with Gasteiger partial charge in [-0.1, -0.05) is 30.0 Å². The fraction of sp³-hybridized carbons (Fsp3) is 0.286. The van der Waals surface area contributed by atoms with Gasteiger partial charge >= 0.3 is 0 Å². The highest BCUT2D eigenvalue weighted by Gasteiger charge is 2.06. The Morgan fingerprint density at radius 2 is 2.17 bits per heavy atom. The zero-order valence-corrected chi connectivity index (χ0v) is 11.7. The predicted molar refractivity (Wildman–Crippen MR) is 80.1 cm³/mol. The lowest BCUT2D eigenvalue weighted by atomic mass is 10.1. The Balaban J connectivity index is 2.22. The molecular formula is C14H17N3S. The van der Waals surface area contributed by atoms with Crippen LogP contribution in [-0.4, -0.2) is 35.4 Å². The number of hydrogen-bond donors (Lipinski definition) is 0. The summed E-state index contributed by atoms with van der Waals surface area (Å²) in [6.07, 6.45) is 3.98. The van der Waals surface area contributed by atoms with Crippen LogP contribution in [0.15, 0.2) is 41.5 Å². The van der Waals surface area contributed by atoms with Gasteiger partial charge in [0.1, 0.15) is 0 Å². The van der Waals surface area contributed by atoms with Gasteiger partial charge in [-0.2, -0.15) is 0 Å². The number of amidine groups is 1. The maximum Gasteiger partial charge on any atom is 0.158 e. The first-order valence-corrected chi connectivity index (χ1v) is 7.02. The van der Waals surface area contributed by atoms with Crippen molar-refractivity contribution < 1.29 is 0 Å². The van der Waals surface area contributed by atoms with E-state index in [9.17, 15) is 0 Å². The van der Waals surface area contributed by atoms with Gasteiger partial charge in [0.15, 0.2) is 5.17 Å².